The molecular weight excluding hydrogens is 334 g/mol. The van der Waals surface area contributed by atoms with Gasteiger partial charge in [-0.15, -0.1) is 0 Å². The van der Waals surface area contributed by atoms with Crippen LogP contribution in [0.3, 0.4) is 0 Å². The van der Waals surface area contributed by atoms with E-state index in [2.05, 4.69) is 0 Å². The Bertz CT molecular complexity index is 982. The maximum atomic E-state index is 13.4. The highest BCUT2D eigenvalue weighted by Crippen LogP contribution is 2.46. The molecule has 27 heavy (non-hydrogen) atoms. The van der Waals surface area contributed by atoms with Gasteiger partial charge in [-0.25, -0.2) is 0 Å². The monoisotopic (exact) mass is 355 g/mol. The number of amides is 1. The summed E-state index contributed by atoms with van der Waals surface area (Å²) in [4.78, 5) is 28.2. The summed E-state index contributed by atoms with van der Waals surface area (Å²) < 4.78 is 0. The minimum atomic E-state index is -0.875. The zero-order valence-electron chi connectivity index (χ0n) is 15.3. The fraction of sp³-hybridized carbons (Fsp3) is 0.167. The number of nitrogens with zero attached hydrogens (tertiary/aromatic N) is 1. The molecule has 0 saturated carbocycles. The normalized spacial score (nSPS) is 18.4. The lowest BCUT2D eigenvalue weighted by atomic mass is 9.72. The van der Waals surface area contributed by atoms with Crippen LogP contribution in [0.4, 0.5) is 5.69 Å². The van der Waals surface area contributed by atoms with E-state index < -0.39 is 5.41 Å². The molecule has 1 amide bonds. The first-order valence-corrected chi connectivity index (χ1v) is 9.12. The first-order chi connectivity index (χ1) is 13.1. The van der Waals surface area contributed by atoms with Crippen molar-refractivity contribution in [1.82, 2.24) is 0 Å². The van der Waals surface area contributed by atoms with Crippen molar-refractivity contribution in [1.29, 1.82) is 0 Å². The SMILES string of the molecule is CN1C(=O)[C@](CC(=O)c2ccccc2)(Cc2ccccc2)c2ccccc21. The molecule has 3 nitrogen and oxygen atoms in total. The molecule has 1 aliphatic rings. The van der Waals surface area contributed by atoms with Gasteiger partial charge in [-0.2, -0.15) is 0 Å². The van der Waals surface area contributed by atoms with Crippen LogP contribution in [0.15, 0.2) is 84.9 Å². The first-order valence-electron chi connectivity index (χ1n) is 9.12. The molecular formula is C24H21NO2. The summed E-state index contributed by atoms with van der Waals surface area (Å²) in [5.41, 5.74) is 2.64. The van der Waals surface area contributed by atoms with Gasteiger partial charge in [0.15, 0.2) is 5.78 Å². The number of rotatable bonds is 5. The number of para-hydroxylation sites is 1. The van der Waals surface area contributed by atoms with Crippen molar-refractivity contribution in [3.05, 3.63) is 102 Å². The van der Waals surface area contributed by atoms with E-state index in [0.717, 1.165) is 16.8 Å². The molecule has 1 aliphatic heterocycles. The fourth-order valence-corrected chi connectivity index (χ4v) is 4.07. The Morgan fingerprint density at radius 1 is 0.852 bits per heavy atom. The van der Waals surface area contributed by atoms with E-state index in [1.54, 1.807) is 11.9 Å². The summed E-state index contributed by atoms with van der Waals surface area (Å²) in [5, 5.41) is 0. The van der Waals surface area contributed by atoms with Gasteiger partial charge in [0.25, 0.3) is 0 Å². The maximum Gasteiger partial charge on any atom is 0.238 e. The minimum Gasteiger partial charge on any atom is -0.314 e. The summed E-state index contributed by atoms with van der Waals surface area (Å²) in [7, 11) is 1.79. The number of carbonyl (C=O) groups excluding carboxylic acids is 2. The Labute approximate surface area is 159 Å². The number of hydrogen-bond acceptors (Lipinski definition) is 2. The average molecular weight is 355 g/mol. The Morgan fingerprint density at radius 2 is 1.44 bits per heavy atom. The molecule has 0 bridgehead atoms. The van der Waals surface area contributed by atoms with Gasteiger partial charge in [-0.3, -0.25) is 9.59 Å². The molecule has 1 heterocycles. The van der Waals surface area contributed by atoms with Crippen LogP contribution in [0.2, 0.25) is 0 Å². The van der Waals surface area contributed by atoms with Crippen LogP contribution >= 0.6 is 0 Å². The van der Waals surface area contributed by atoms with Crippen LogP contribution < -0.4 is 4.90 Å². The number of benzene rings is 3. The highest BCUT2D eigenvalue weighted by Gasteiger charge is 2.50. The number of ketones is 1. The number of likely N-dealkylation sites (N-methyl/N-ethyl adjacent to an activating group) is 1. The van der Waals surface area contributed by atoms with Crippen LogP contribution in [0.1, 0.15) is 27.9 Å². The Kier molecular flexibility index (Phi) is 4.36. The van der Waals surface area contributed by atoms with E-state index in [-0.39, 0.29) is 18.1 Å². The molecule has 1 atom stereocenters. The molecule has 0 radical (unpaired) electrons. The van der Waals surface area contributed by atoms with Crippen molar-refractivity contribution >= 4 is 17.4 Å². The van der Waals surface area contributed by atoms with Gasteiger partial charge in [-0.05, 0) is 23.6 Å². The largest absolute Gasteiger partial charge is 0.314 e. The fourth-order valence-electron chi connectivity index (χ4n) is 4.07. The second-order valence-corrected chi connectivity index (χ2v) is 7.09. The molecule has 0 saturated heterocycles. The number of carbonyl (C=O) groups is 2. The number of anilines is 1. The Morgan fingerprint density at radius 3 is 2.15 bits per heavy atom. The zero-order valence-corrected chi connectivity index (χ0v) is 15.3. The quantitative estimate of drug-likeness (QED) is 0.636. The molecule has 0 spiro atoms. The van der Waals surface area contributed by atoms with E-state index >= 15 is 0 Å². The molecule has 3 aromatic rings. The van der Waals surface area contributed by atoms with E-state index in [1.807, 2.05) is 84.9 Å². The number of hydrogen-bond donors (Lipinski definition) is 0. The third kappa shape index (κ3) is 2.95. The van der Waals surface area contributed by atoms with Crippen molar-refractivity contribution in [2.45, 2.75) is 18.3 Å². The van der Waals surface area contributed by atoms with Gasteiger partial charge in [0, 0.05) is 24.7 Å². The van der Waals surface area contributed by atoms with E-state index in [4.69, 9.17) is 0 Å². The lowest BCUT2D eigenvalue weighted by molar-refractivity contribution is -0.122. The molecule has 0 aromatic heterocycles. The topological polar surface area (TPSA) is 37.4 Å². The van der Waals surface area contributed by atoms with Gasteiger partial charge < -0.3 is 4.90 Å². The van der Waals surface area contributed by atoms with Crippen molar-refractivity contribution < 1.29 is 9.59 Å². The Balaban J connectivity index is 1.81. The van der Waals surface area contributed by atoms with Crippen molar-refractivity contribution in [3.8, 4) is 0 Å². The smallest absolute Gasteiger partial charge is 0.238 e. The van der Waals surface area contributed by atoms with Gasteiger partial charge in [-0.1, -0.05) is 78.9 Å². The maximum absolute atomic E-state index is 13.4. The summed E-state index contributed by atoms with van der Waals surface area (Å²) in [5.74, 6) is -0.0261. The van der Waals surface area contributed by atoms with Crippen LogP contribution in [0.25, 0.3) is 0 Å². The van der Waals surface area contributed by atoms with Gasteiger partial charge in [0.05, 0.1) is 5.41 Å². The predicted molar refractivity (Wildman–Crippen MR) is 107 cm³/mol. The first kappa shape index (κ1) is 17.2. The molecule has 0 fully saturated rings. The lowest BCUT2D eigenvalue weighted by Crippen LogP contribution is -2.42. The lowest BCUT2D eigenvalue weighted by Gasteiger charge is -2.28. The molecule has 134 valence electrons. The van der Waals surface area contributed by atoms with Crippen molar-refractivity contribution in [3.63, 3.8) is 0 Å². The highest BCUT2D eigenvalue weighted by atomic mass is 16.2. The second kappa shape index (κ2) is 6.84. The third-order valence-corrected chi connectivity index (χ3v) is 5.40. The molecule has 3 heteroatoms. The molecule has 0 unspecified atom stereocenters. The van der Waals surface area contributed by atoms with Gasteiger partial charge in [0.1, 0.15) is 0 Å². The predicted octanol–water partition coefficient (Wildman–Crippen LogP) is 4.42. The molecule has 0 N–H and O–H groups in total. The number of Topliss-reactive ketones (excluding diaryl/α,β-unsaturated/α-hetero) is 1. The second-order valence-electron chi connectivity index (χ2n) is 7.09. The zero-order chi connectivity index (χ0) is 18.9. The molecule has 0 aliphatic carbocycles. The van der Waals surface area contributed by atoms with Gasteiger partial charge >= 0.3 is 0 Å². The van der Waals surface area contributed by atoms with Crippen molar-refractivity contribution in [2.24, 2.45) is 0 Å². The van der Waals surface area contributed by atoms with Gasteiger partial charge in [0.2, 0.25) is 5.91 Å². The molecule has 3 aromatic carbocycles. The standard InChI is InChI=1S/C24H21NO2/c1-25-21-15-9-8-14-20(21)24(23(25)27,16-18-10-4-2-5-11-18)17-22(26)19-12-6-3-7-13-19/h2-15H,16-17H2,1H3/t24-/m0/s1. The average Bonchev–Trinajstić information content (AvgIpc) is 2.92. The van der Waals surface area contributed by atoms with Crippen molar-refractivity contribution in [2.75, 3.05) is 11.9 Å². The minimum absolute atomic E-state index is 0.00927. The Hall–Kier alpha value is -3.20. The van der Waals surface area contributed by atoms with E-state index in [0.29, 0.717) is 12.0 Å². The van der Waals surface area contributed by atoms with E-state index in [9.17, 15) is 9.59 Å². The van der Waals surface area contributed by atoms with Crippen LogP contribution in [-0.2, 0) is 16.6 Å². The summed E-state index contributed by atoms with van der Waals surface area (Å²) in [6.07, 6.45) is 0.665. The number of fused-ring (bicyclic) bond motifs is 1. The summed E-state index contributed by atoms with van der Waals surface area (Å²) in [6, 6.07) is 27.0. The van der Waals surface area contributed by atoms with E-state index in [1.165, 1.54) is 0 Å². The van der Waals surface area contributed by atoms with Crippen LogP contribution in [0, 0.1) is 0 Å². The molecule has 4 rings (SSSR count). The highest BCUT2D eigenvalue weighted by molar-refractivity contribution is 6.11. The summed E-state index contributed by atoms with van der Waals surface area (Å²) in [6.45, 7) is 0. The van der Waals surface area contributed by atoms with Crippen LogP contribution in [-0.4, -0.2) is 18.7 Å². The third-order valence-electron chi connectivity index (χ3n) is 5.40. The van der Waals surface area contributed by atoms with Crippen LogP contribution in [0.5, 0.6) is 0 Å². The summed E-state index contributed by atoms with van der Waals surface area (Å²) >= 11 is 0.